The Bertz CT molecular complexity index is 281. The standard InChI is InChI=1S/C11H16ClN/c1-8(2)11-7-10(12)4-3-9(11)5-6-13/h3-4,7-8H,5-6,13H2,1-2H3. The monoisotopic (exact) mass is 197 g/mol. The summed E-state index contributed by atoms with van der Waals surface area (Å²) in [7, 11) is 0. The van der Waals surface area contributed by atoms with E-state index >= 15 is 0 Å². The first kappa shape index (κ1) is 10.6. The molecule has 0 aromatic heterocycles. The molecule has 13 heavy (non-hydrogen) atoms. The number of rotatable bonds is 3. The number of halogens is 1. The Hall–Kier alpha value is -0.530. The molecule has 2 heteroatoms. The van der Waals surface area contributed by atoms with Gasteiger partial charge in [0, 0.05) is 5.02 Å². The van der Waals surface area contributed by atoms with E-state index in [0.717, 1.165) is 11.4 Å². The first-order valence-corrected chi connectivity index (χ1v) is 5.01. The maximum Gasteiger partial charge on any atom is 0.0409 e. The topological polar surface area (TPSA) is 26.0 Å². The van der Waals surface area contributed by atoms with Crippen molar-refractivity contribution in [1.82, 2.24) is 0 Å². The maximum absolute atomic E-state index is 5.93. The molecule has 0 amide bonds. The lowest BCUT2D eigenvalue weighted by Crippen LogP contribution is -2.06. The van der Waals surface area contributed by atoms with Gasteiger partial charge in [0.25, 0.3) is 0 Å². The van der Waals surface area contributed by atoms with Crippen LogP contribution in [0.25, 0.3) is 0 Å². The van der Waals surface area contributed by atoms with E-state index < -0.39 is 0 Å². The largest absolute Gasteiger partial charge is 0.330 e. The first-order valence-electron chi connectivity index (χ1n) is 4.63. The molecule has 0 aliphatic heterocycles. The zero-order chi connectivity index (χ0) is 9.84. The van der Waals surface area contributed by atoms with E-state index in [9.17, 15) is 0 Å². The second-order valence-electron chi connectivity index (χ2n) is 3.54. The third kappa shape index (κ3) is 2.71. The van der Waals surface area contributed by atoms with E-state index in [1.165, 1.54) is 11.1 Å². The molecule has 2 N–H and O–H groups in total. The molecule has 0 aliphatic carbocycles. The third-order valence-corrected chi connectivity index (χ3v) is 2.38. The van der Waals surface area contributed by atoms with Crippen LogP contribution < -0.4 is 5.73 Å². The molecule has 0 atom stereocenters. The Balaban J connectivity index is 3.03. The average Bonchev–Trinajstić information content (AvgIpc) is 2.08. The Labute approximate surface area is 84.9 Å². The predicted octanol–water partition coefficient (Wildman–Crippen LogP) is 2.96. The summed E-state index contributed by atoms with van der Waals surface area (Å²) in [4.78, 5) is 0. The molecule has 72 valence electrons. The Morgan fingerprint density at radius 2 is 2.08 bits per heavy atom. The number of nitrogens with two attached hydrogens (primary N) is 1. The van der Waals surface area contributed by atoms with Gasteiger partial charge >= 0.3 is 0 Å². The van der Waals surface area contributed by atoms with Crippen LogP contribution in [-0.2, 0) is 6.42 Å². The third-order valence-electron chi connectivity index (χ3n) is 2.14. The van der Waals surface area contributed by atoms with Gasteiger partial charge in [-0.2, -0.15) is 0 Å². The lowest BCUT2D eigenvalue weighted by molar-refractivity contribution is 0.832. The minimum absolute atomic E-state index is 0.514. The van der Waals surface area contributed by atoms with Gasteiger partial charge in [-0.1, -0.05) is 31.5 Å². The lowest BCUT2D eigenvalue weighted by Gasteiger charge is -2.12. The van der Waals surface area contributed by atoms with Crippen molar-refractivity contribution in [3.63, 3.8) is 0 Å². The van der Waals surface area contributed by atoms with Gasteiger partial charge in [-0.05, 0) is 42.1 Å². The Kier molecular flexibility index (Phi) is 3.76. The Morgan fingerprint density at radius 1 is 1.38 bits per heavy atom. The van der Waals surface area contributed by atoms with Gasteiger partial charge < -0.3 is 5.73 Å². The van der Waals surface area contributed by atoms with Crippen LogP contribution in [-0.4, -0.2) is 6.54 Å². The molecule has 0 spiro atoms. The quantitative estimate of drug-likeness (QED) is 0.792. The molecule has 0 heterocycles. The highest BCUT2D eigenvalue weighted by atomic mass is 35.5. The molecule has 0 aliphatic rings. The van der Waals surface area contributed by atoms with Crippen LogP contribution in [0.5, 0.6) is 0 Å². The van der Waals surface area contributed by atoms with Gasteiger partial charge in [0.15, 0.2) is 0 Å². The smallest absolute Gasteiger partial charge is 0.0409 e. The summed E-state index contributed by atoms with van der Waals surface area (Å²) in [6.45, 7) is 5.04. The molecule has 1 rings (SSSR count). The molecular formula is C11H16ClN. The lowest BCUT2D eigenvalue weighted by atomic mass is 9.95. The zero-order valence-electron chi connectivity index (χ0n) is 8.18. The van der Waals surface area contributed by atoms with E-state index in [1.54, 1.807) is 0 Å². The van der Waals surface area contributed by atoms with Crippen molar-refractivity contribution >= 4 is 11.6 Å². The van der Waals surface area contributed by atoms with Gasteiger partial charge in [0.1, 0.15) is 0 Å². The van der Waals surface area contributed by atoms with E-state index in [1.807, 2.05) is 12.1 Å². The molecule has 0 saturated heterocycles. The molecule has 1 aromatic rings. The molecule has 0 bridgehead atoms. The van der Waals surface area contributed by atoms with Crippen molar-refractivity contribution in [2.24, 2.45) is 5.73 Å². The summed E-state index contributed by atoms with van der Waals surface area (Å²) < 4.78 is 0. The molecule has 0 unspecified atom stereocenters. The Morgan fingerprint density at radius 3 is 2.62 bits per heavy atom. The predicted molar refractivity (Wildman–Crippen MR) is 58.3 cm³/mol. The number of hydrogen-bond acceptors (Lipinski definition) is 1. The summed E-state index contributed by atoms with van der Waals surface area (Å²) in [5, 5.41) is 0.810. The fourth-order valence-electron chi connectivity index (χ4n) is 1.49. The van der Waals surface area contributed by atoms with Gasteiger partial charge in [-0.3, -0.25) is 0 Å². The first-order chi connectivity index (χ1) is 6.15. The van der Waals surface area contributed by atoms with Crippen LogP contribution in [0.4, 0.5) is 0 Å². The molecular weight excluding hydrogens is 182 g/mol. The van der Waals surface area contributed by atoms with Crippen LogP contribution in [0.3, 0.4) is 0 Å². The molecule has 1 aromatic carbocycles. The van der Waals surface area contributed by atoms with E-state index in [-0.39, 0.29) is 0 Å². The van der Waals surface area contributed by atoms with Gasteiger partial charge in [0.2, 0.25) is 0 Å². The highest BCUT2D eigenvalue weighted by Crippen LogP contribution is 2.23. The van der Waals surface area contributed by atoms with Gasteiger partial charge in [0.05, 0.1) is 0 Å². The van der Waals surface area contributed by atoms with Crippen molar-refractivity contribution in [2.75, 3.05) is 6.54 Å². The van der Waals surface area contributed by atoms with Crippen LogP contribution >= 0.6 is 11.6 Å². The summed E-state index contributed by atoms with van der Waals surface area (Å²) in [5.41, 5.74) is 8.17. The van der Waals surface area contributed by atoms with Crippen molar-refractivity contribution in [3.8, 4) is 0 Å². The SMILES string of the molecule is CC(C)c1cc(Cl)ccc1CCN. The summed E-state index contributed by atoms with van der Waals surface area (Å²) >= 11 is 5.93. The maximum atomic E-state index is 5.93. The molecule has 0 fully saturated rings. The summed E-state index contributed by atoms with van der Waals surface area (Å²) in [6.07, 6.45) is 0.935. The molecule has 0 radical (unpaired) electrons. The minimum Gasteiger partial charge on any atom is -0.330 e. The molecule has 0 saturated carbocycles. The van der Waals surface area contributed by atoms with Gasteiger partial charge in [-0.15, -0.1) is 0 Å². The average molecular weight is 198 g/mol. The number of benzene rings is 1. The summed E-state index contributed by atoms with van der Waals surface area (Å²) in [6, 6.07) is 6.04. The van der Waals surface area contributed by atoms with Crippen molar-refractivity contribution < 1.29 is 0 Å². The highest BCUT2D eigenvalue weighted by Gasteiger charge is 2.06. The number of hydrogen-bond donors (Lipinski definition) is 1. The molecule has 1 nitrogen and oxygen atoms in total. The van der Waals surface area contributed by atoms with Crippen LogP contribution in [0.1, 0.15) is 30.9 Å². The zero-order valence-corrected chi connectivity index (χ0v) is 8.93. The van der Waals surface area contributed by atoms with Crippen molar-refractivity contribution in [2.45, 2.75) is 26.2 Å². The normalized spacial score (nSPS) is 10.8. The van der Waals surface area contributed by atoms with Crippen LogP contribution in [0.15, 0.2) is 18.2 Å². The second kappa shape index (κ2) is 4.64. The van der Waals surface area contributed by atoms with E-state index in [4.69, 9.17) is 17.3 Å². The minimum atomic E-state index is 0.514. The fourth-order valence-corrected chi connectivity index (χ4v) is 1.67. The van der Waals surface area contributed by atoms with Crippen molar-refractivity contribution in [1.29, 1.82) is 0 Å². The second-order valence-corrected chi connectivity index (χ2v) is 3.97. The fraction of sp³-hybridized carbons (Fsp3) is 0.455. The van der Waals surface area contributed by atoms with Gasteiger partial charge in [-0.25, -0.2) is 0 Å². The van der Waals surface area contributed by atoms with Crippen LogP contribution in [0, 0.1) is 0 Å². The highest BCUT2D eigenvalue weighted by molar-refractivity contribution is 6.30. The van der Waals surface area contributed by atoms with Crippen LogP contribution in [0.2, 0.25) is 5.02 Å². The van der Waals surface area contributed by atoms with E-state index in [0.29, 0.717) is 12.5 Å². The van der Waals surface area contributed by atoms with E-state index in [2.05, 4.69) is 19.9 Å². The van der Waals surface area contributed by atoms with Crippen molar-refractivity contribution in [3.05, 3.63) is 34.3 Å². The summed E-state index contributed by atoms with van der Waals surface area (Å²) in [5.74, 6) is 0.514.